The second kappa shape index (κ2) is 26.8. The van der Waals surface area contributed by atoms with E-state index in [2.05, 4.69) is 60.6 Å². The molecule has 0 fully saturated rings. The van der Waals surface area contributed by atoms with Crippen molar-refractivity contribution in [1.29, 1.82) is 0 Å². The van der Waals surface area contributed by atoms with E-state index in [-0.39, 0.29) is 23.6 Å². The Morgan fingerprint density at radius 3 is 1.41 bits per heavy atom. The van der Waals surface area contributed by atoms with Crippen LogP contribution in [0.25, 0.3) is 65.1 Å². The summed E-state index contributed by atoms with van der Waals surface area (Å²) in [6.07, 6.45) is 17.2. The van der Waals surface area contributed by atoms with Crippen LogP contribution in [0.3, 0.4) is 0 Å². The highest BCUT2D eigenvalue weighted by Gasteiger charge is 2.51. The Bertz CT molecular complexity index is 3860. The lowest BCUT2D eigenvalue weighted by atomic mass is 10.0. The predicted octanol–water partition coefficient (Wildman–Crippen LogP) is 22.0. The number of imide groups is 2. The molecule has 10 heterocycles. The van der Waals surface area contributed by atoms with Gasteiger partial charge in [0.25, 0.3) is 23.6 Å². The molecule has 0 N–H and O–H groups in total. The van der Waals surface area contributed by atoms with Crippen molar-refractivity contribution in [2.24, 2.45) is 11.8 Å². The van der Waals surface area contributed by atoms with Gasteiger partial charge in [-0.1, -0.05) is 157 Å². The van der Waals surface area contributed by atoms with Crippen LogP contribution < -0.4 is 10.4 Å². The fourth-order valence-electron chi connectivity index (χ4n) is 14.3. The Morgan fingerprint density at radius 1 is 0.460 bits per heavy atom. The summed E-state index contributed by atoms with van der Waals surface area (Å²) in [5, 5.41) is 3.13. The van der Waals surface area contributed by atoms with Gasteiger partial charge in [0.15, 0.2) is 0 Å². The zero-order chi connectivity index (χ0) is 61.6. The van der Waals surface area contributed by atoms with E-state index >= 15 is 9.59 Å². The van der Waals surface area contributed by atoms with E-state index in [0.29, 0.717) is 79.2 Å². The van der Waals surface area contributed by atoms with Crippen molar-refractivity contribution in [2.75, 3.05) is 13.1 Å². The van der Waals surface area contributed by atoms with Gasteiger partial charge >= 0.3 is 6.18 Å². The van der Waals surface area contributed by atoms with Crippen LogP contribution in [0.1, 0.15) is 232 Å². The van der Waals surface area contributed by atoms with Crippen molar-refractivity contribution >= 4 is 131 Å². The number of rotatable bonds is 30. The second-order valence-corrected chi connectivity index (χ2v) is 35.8. The van der Waals surface area contributed by atoms with Crippen LogP contribution in [0.5, 0.6) is 0 Å². The van der Waals surface area contributed by atoms with Crippen molar-refractivity contribution in [3.8, 4) is 44.7 Å². The van der Waals surface area contributed by atoms with Crippen molar-refractivity contribution < 1.29 is 32.3 Å². The summed E-state index contributed by atoms with van der Waals surface area (Å²) >= 11 is 9.66. The molecule has 4 amide bonds. The Kier molecular flexibility index (Phi) is 19.7. The van der Waals surface area contributed by atoms with E-state index in [1.165, 1.54) is 138 Å². The summed E-state index contributed by atoms with van der Waals surface area (Å²) in [4.78, 5) is 71.7. The topological polar surface area (TPSA) is 79.7 Å². The van der Waals surface area contributed by atoms with Crippen LogP contribution in [-0.2, 0) is 6.18 Å². The fourth-order valence-corrected chi connectivity index (χ4v) is 29.8. The van der Waals surface area contributed by atoms with Crippen molar-refractivity contribution in [2.45, 2.75) is 209 Å². The highest BCUT2D eigenvalue weighted by atomic mass is 32.1. The first kappa shape index (κ1) is 64.1. The summed E-state index contributed by atoms with van der Waals surface area (Å²) in [7, 11) is -2.38. The molecule has 0 bridgehead atoms. The maximum absolute atomic E-state index is 15.3. The maximum atomic E-state index is 15.3. The van der Waals surface area contributed by atoms with Gasteiger partial charge in [-0.15, -0.1) is 68.0 Å². The largest absolute Gasteiger partial charge is 0.416 e. The van der Waals surface area contributed by atoms with Gasteiger partial charge in [0.05, 0.1) is 62.9 Å². The molecule has 8 aromatic rings. The molecule has 2 atom stereocenters. The standard InChI is InChI=1S/C70H84F3N3O4S6Si/c1-10-16-20-22-24-26-30-74-66(77)55-43(9)82-61(56(55)67(74)78)50-36-48-59(83-50)60-49(76(48)47-33-41(7)32-46(35-47)70(71,72)73)37-51(84-60)62-57-58(69(80)75(68(57)79)31-27-25-23-21-17-11-2)63(86-62)52-38-54-65(85-52)64-53(34-42(8)81-64)87(54,39-44(14-5)28-18-12-3)40-45(15-6)29-19-13-4/h32-38,44-45H,10-31,39-40H2,1-9H3. The van der Waals surface area contributed by atoms with Crippen molar-refractivity contribution in [3.63, 3.8) is 0 Å². The van der Waals surface area contributed by atoms with Crippen molar-refractivity contribution in [1.82, 2.24) is 14.4 Å². The number of aryl methyl sites for hydroxylation is 3. The number of benzene rings is 1. The van der Waals surface area contributed by atoms with Gasteiger partial charge in [0, 0.05) is 52.9 Å². The molecule has 7 nitrogen and oxygen atoms in total. The summed E-state index contributed by atoms with van der Waals surface area (Å²) < 4.78 is 48.1. The maximum Gasteiger partial charge on any atom is 0.416 e. The monoisotopic (exact) mass is 1310 g/mol. The number of fused-ring (bicyclic) bond motifs is 8. The minimum Gasteiger partial charge on any atom is -0.307 e. The third kappa shape index (κ3) is 12.0. The molecule has 2 unspecified atom stereocenters. The first-order chi connectivity index (χ1) is 41.9. The van der Waals surface area contributed by atoms with Gasteiger partial charge in [-0.05, 0) is 116 Å². The zero-order valence-electron chi connectivity index (χ0n) is 52.2. The van der Waals surface area contributed by atoms with Gasteiger partial charge in [-0.2, -0.15) is 13.2 Å². The van der Waals surface area contributed by atoms with E-state index in [4.69, 9.17) is 0 Å². The van der Waals surface area contributed by atoms with E-state index in [9.17, 15) is 22.8 Å². The second-order valence-electron chi connectivity index (χ2n) is 25.1. The molecule has 3 aliphatic rings. The predicted molar refractivity (Wildman–Crippen MR) is 368 cm³/mol. The number of nitrogens with zero attached hydrogens (tertiary/aromatic N) is 3. The van der Waals surface area contributed by atoms with Crippen LogP contribution in [0, 0.1) is 32.6 Å². The van der Waals surface area contributed by atoms with Crippen molar-refractivity contribution in [3.05, 3.63) is 85.6 Å². The average Bonchev–Trinajstić information content (AvgIpc) is 1.55. The Morgan fingerprint density at radius 2 is 0.908 bits per heavy atom. The molecule has 1 aromatic carbocycles. The highest BCUT2D eigenvalue weighted by molar-refractivity contribution is 7.35. The molecule has 464 valence electrons. The number of carbonyl (C=O) groups excluding carboxylic acids is 4. The zero-order valence-corrected chi connectivity index (χ0v) is 58.1. The molecular weight excluding hydrogens is 1220 g/mol. The molecule has 0 aliphatic carbocycles. The van der Waals surface area contributed by atoms with Gasteiger partial charge in [0.2, 0.25) is 0 Å². The SMILES string of the molecule is CCCCCCCCN1C(=O)c2c(C)sc(-c3cc4c(s3)c3sc(-c5sc(-c6cc7c(s6)-c6sc(C)cc6[Si]7(CC(CC)CCCC)CC(CC)CCCC)c6c5C(=O)N(CCCCCCCC)C6=O)cc3n4-c3cc(C)cc(C(F)(F)F)c3)c2C1=O. The van der Waals surface area contributed by atoms with Crippen LogP contribution in [-0.4, -0.2) is 59.2 Å². The Labute approximate surface area is 537 Å². The lowest BCUT2D eigenvalue weighted by molar-refractivity contribution is -0.137. The lowest BCUT2D eigenvalue weighted by Crippen LogP contribution is -2.56. The molecule has 0 radical (unpaired) electrons. The first-order valence-electron chi connectivity index (χ1n) is 32.5. The molecule has 11 rings (SSSR count). The Hall–Kier alpha value is -4.49. The van der Waals surface area contributed by atoms with E-state index in [1.54, 1.807) is 18.2 Å². The van der Waals surface area contributed by atoms with Crippen LogP contribution in [0.2, 0.25) is 12.1 Å². The molecular formula is C70H84F3N3O4S6Si. The van der Waals surface area contributed by atoms with Gasteiger partial charge in [-0.25, -0.2) is 0 Å². The van der Waals surface area contributed by atoms with Gasteiger partial charge in [0.1, 0.15) is 8.07 Å². The smallest absolute Gasteiger partial charge is 0.307 e. The van der Waals surface area contributed by atoms with Gasteiger partial charge in [-0.3, -0.25) is 29.0 Å². The third-order valence-electron chi connectivity index (χ3n) is 18.9. The minimum atomic E-state index is -4.61. The molecule has 3 aliphatic heterocycles. The minimum absolute atomic E-state index is 0.241. The van der Waals surface area contributed by atoms with Crippen LogP contribution in [0.15, 0.2) is 42.5 Å². The molecule has 7 aromatic heterocycles. The number of amides is 4. The van der Waals surface area contributed by atoms with Gasteiger partial charge < -0.3 is 4.57 Å². The normalized spacial score (nSPS) is 16.5. The van der Waals surface area contributed by atoms with E-state index < -0.39 is 19.8 Å². The first-order valence-corrected chi connectivity index (χ1v) is 39.8. The number of alkyl halides is 3. The Balaban J connectivity index is 1.07. The van der Waals surface area contributed by atoms with E-state index in [0.717, 1.165) is 124 Å². The molecule has 0 saturated carbocycles. The van der Waals surface area contributed by atoms with Crippen LogP contribution >= 0.6 is 68.0 Å². The third-order valence-corrected chi connectivity index (χ3v) is 32.3. The summed E-state index contributed by atoms with van der Waals surface area (Å²) in [5.74, 6) is 0.148. The molecule has 17 heteroatoms. The van der Waals surface area contributed by atoms with E-state index in [1.807, 2.05) is 46.3 Å². The number of hydrogen-bond acceptors (Lipinski definition) is 10. The summed E-state index contributed by atoms with van der Waals surface area (Å²) in [6, 6.07) is 15.6. The average molecular weight is 1310 g/mol. The number of carbonyl (C=O) groups is 4. The number of halogens is 3. The molecule has 0 saturated heterocycles. The number of thiophene rings is 6. The molecule has 0 spiro atoms. The summed E-state index contributed by atoms with van der Waals surface area (Å²) in [5.41, 5.74) is 3.19. The molecule has 87 heavy (non-hydrogen) atoms. The fraction of sp³-hybridized carbons (Fsp3) is 0.514. The number of hydrogen-bond donors (Lipinski definition) is 0. The van der Waals surface area contributed by atoms with Crippen LogP contribution in [0.4, 0.5) is 13.2 Å². The quantitative estimate of drug-likeness (QED) is 0.0255. The number of unbranched alkanes of at least 4 members (excludes halogenated alkanes) is 12. The lowest BCUT2D eigenvalue weighted by Gasteiger charge is -2.35. The highest BCUT2D eigenvalue weighted by Crippen LogP contribution is 2.56. The summed E-state index contributed by atoms with van der Waals surface area (Å²) in [6.45, 7) is 20.3. The number of aromatic nitrogens is 1.